The highest BCUT2D eigenvalue weighted by Crippen LogP contribution is 2.49. The van der Waals surface area contributed by atoms with Crippen LogP contribution < -0.4 is 22.8 Å². The van der Waals surface area contributed by atoms with Gasteiger partial charge in [-0.25, -0.2) is 9.76 Å². The first-order valence-corrected chi connectivity index (χ1v) is 8.61. The van der Waals surface area contributed by atoms with Crippen molar-refractivity contribution in [3.63, 3.8) is 0 Å². The van der Waals surface area contributed by atoms with Crippen molar-refractivity contribution >= 4 is 7.67 Å². The lowest BCUT2D eigenvalue weighted by Gasteiger charge is -2.48. The van der Waals surface area contributed by atoms with E-state index in [1.54, 1.807) is 0 Å². The summed E-state index contributed by atoms with van der Waals surface area (Å²) in [7, 11) is -2.70. The van der Waals surface area contributed by atoms with E-state index in [1.165, 1.54) is 17.6 Å². The Bertz CT molecular complexity index is 332. The third-order valence-electron chi connectivity index (χ3n) is 4.46. The molecule has 1 unspecified atom stereocenters. The van der Waals surface area contributed by atoms with Crippen LogP contribution in [0.2, 0.25) is 0 Å². The number of piperazine rings is 2. The molecule has 1 spiro atoms. The topological polar surface area (TPSA) is 53.6 Å². The molecule has 0 saturated carbocycles. The molecule has 8 heteroatoms. The molecule has 0 aliphatic carbocycles. The van der Waals surface area contributed by atoms with Crippen molar-refractivity contribution in [2.45, 2.75) is 6.42 Å². The van der Waals surface area contributed by atoms with E-state index in [2.05, 4.69) is 15.1 Å². The van der Waals surface area contributed by atoms with E-state index in [1.807, 2.05) is 0 Å². The van der Waals surface area contributed by atoms with Crippen LogP contribution in [0.1, 0.15) is 6.42 Å². The third-order valence-corrected chi connectivity index (χ3v) is 6.76. The summed E-state index contributed by atoms with van der Waals surface area (Å²) in [6, 6.07) is 0. The molecule has 1 atom stereocenters. The average molecular weight is 311 g/mol. The summed E-state index contributed by atoms with van der Waals surface area (Å²) < 4.78 is 21.4. The van der Waals surface area contributed by atoms with Gasteiger partial charge in [0.1, 0.15) is 0 Å². The summed E-state index contributed by atoms with van der Waals surface area (Å²) >= 11 is 0. The summed E-state index contributed by atoms with van der Waals surface area (Å²) in [4.78, 5) is 0. The third kappa shape index (κ3) is 3.32. The zero-order valence-corrected chi connectivity index (χ0v) is 13.0. The molecule has 2 N–H and O–H groups in total. The van der Waals surface area contributed by atoms with Crippen LogP contribution in [0.5, 0.6) is 0 Å². The van der Waals surface area contributed by atoms with E-state index >= 15 is 0 Å². The Morgan fingerprint density at radius 3 is 2.32 bits per heavy atom. The predicted molar refractivity (Wildman–Crippen MR) is 70.3 cm³/mol. The molecule has 6 nitrogen and oxygen atoms in total. The molecule has 3 aliphatic heterocycles. The van der Waals surface area contributed by atoms with Crippen molar-refractivity contribution in [3.8, 4) is 0 Å². The maximum absolute atomic E-state index is 12.6. The van der Waals surface area contributed by atoms with E-state index in [-0.39, 0.29) is 12.4 Å². The Hall–Kier alpha value is 0.320. The molecule has 3 rings (SSSR count). The number of quaternary nitrogens is 1. The molecule has 3 saturated heterocycles. The highest BCUT2D eigenvalue weighted by Gasteiger charge is 2.41. The summed E-state index contributed by atoms with van der Waals surface area (Å²) in [5, 5.41) is 6.51. The van der Waals surface area contributed by atoms with Crippen LogP contribution in [0, 0.1) is 0 Å². The van der Waals surface area contributed by atoms with E-state index < -0.39 is 7.67 Å². The Labute approximate surface area is 121 Å². The molecule has 0 bridgehead atoms. The Kier molecular flexibility index (Phi) is 5.28. The minimum atomic E-state index is -2.70. The molecule has 19 heavy (non-hydrogen) atoms. The van der Waals surface area contributed by atoms with Crippen molar-refractivity contribution in [2.75, 3.05) is 65.5 Å². The van der Waals surface area contributed by atoms with Crippen LogP contribution in [0.15, 0.2) is 0 Å². The maximum Gasteiger partial charge on any atom is 0.343 e. The number of hydrogen-bond donors (Lipinski definition) is 2. The molecule has 0 aromatic carbocycles. The summed E-state index contributed by atoms with van der Waals surface area (Å²) in [6.45, 7) is 10.1. The fraction of sp³-hybridized carbons (Fsp3) is 1.00. The molecule has 0 radical (unpaired) electrons. The van der Waals surface area contributed by atoms with Gasteiger partial charge in [0.25, 0.3) is 0 Å². The molecular weight excluding hydrogens is 287 g/mol. The van der Waals surface area contributed by atoms with Gasteiger partial charge in [0.05, 0.1) is 45.9 Å². The monoisotopic (exact) mass is 310 g/mol. The molecule has 0 aromatic rings. The normalized spacial score (nSPS) is 35.8. The zero-order valence-electron chi connectivity index (χ0n) is 11.3. The lowest BCUT2D eigenvalue weighted by atomic mass is 10.2. The summed E-state index contributed by atoms with van der Waals surface area (Å²) in [6.07, 6.45) is 0.962. The second-order valence-electron chi connectivity index (χ2n) is 5.56. The van der Waals surface area contributed by atoms with Crippen LogP contribution in [-0.2, 0) is 9.09 Å². The van der Waals surface area contributed by atoms with Crippen LogP contribution in [0.4, 0.5) is 0 Å². The van der Waals surface area contributed by atoms with Crippen LogP contribution in [-0.4, -0.2) is 74.7 Å². The summed E-state index contributed by atoms with van der Waals surface area (Å²) in [5.41, 5.74) is 0. The Morgan fingerprint density at radius 2 is 1.74 bits per heavy atom. The fourth-order valence-electron chi connectivity index (χ4n) is 3.17. The minimum Gasteiger partial charge on any atom is -1.00 e. The highest BCUT2D eigenvalue weighted by atomic mass is 35.5. The SMILES string of the molecule is O=P1(N2CC[N+]3(CCNCC3)CC2)NCCCO1.[Cl-]. The van der Waals surface area contributed by atoms with E-state index in [4.69, 9.17) is 4.52 Å². The van der Waals surface area contributed by atoms with Gasteiger partial charge < -0.3 is 26.7 Å². The van der Waals surface area contributed by atoms with Gasteiger partial charge in [-0.1, -0.05) is 0 Å². The minimum absolute atomic E-state index is 0. The van der Waals surface area contributed by atoms with E-state index in [0.717, 1.165) is 52.2 Å². The quantitative estimate of drug-likeness (QED) is 0.396. The number of rotatable bonds is 1. The van der Waals surface area contributed by atoms with Crippen molar-refractivity contribution in [1.82, 2.24) is 15.1 Å². The van der Waals surface area contributed by atoms with Gasteiger partial charge in [-0.05, 0) is 6.42 Å². The van der Waals surface area contributed by atoms with Gasteiger partial charge in [-0.3, -0.25) is 4.57 Å². The van der Waals surface area contributed by atoms with Gasteiger partial charge in [-0.2, -0.15) is 0 Å². The smallest absolute Gasteiger partial charge is 0.343 e. The Morgan fingerprint density at radius 1 is 1.05 bits per heavy atom. The van der Waals surface area contributed by atoms with Crippen LogP contribution >= 0.6 is 7.67 Å². The van der Waals surface area contributed by atoms with Gasteiger partial charge in [0.2, 0.25) is 0 Å². The number of hydrogen-bond acceptors (Lipinski definition) is 3. The second kappa shape index (κ2) is 6.39. The van der Waals surface area contributed by atoms with E-state index in [0.29, 0.717) is 6.61 Å². The number of nitrogens with one attached hydrogen (secondary N) is 2. The van der Waals surface area contributed by atoms with Gasteiger partial charge in [0, 0.05) is 19.6 Å². The van der Waals surface area contributed by atoms with Gasteiger partial charge >= 0.3 is 7.67 Å². The molecule has 3 aliphatic rings. The molecule has 0 aromatic heterocycles. The van der Waals surface area contributed by atoms with Crippen LogP contribution in [0.25, 0.3) is 0 Å². The lowest BCUT2D eigenvalue weighted by molar-refractivity contribution is -0.932. The largest absolute Gasteiger partial charge is 1.00 e. The molecular formula is C11H24ClN4O2P. The summed E-state index contributed by atoms with van der Waals surface area (Å²) in [5.74, 6) is 0. The van der Waals surface area contributed by atoms with E-state index in [9.17, 15) is 4.57 Å². The fourth-order valence-corrected chi connectivity index (χ4v) is 5.14. The van der Waals surface area contributed by atoms with Crippen molar-refractivity contribution in [3.05, 3.63) is 0 Å². The molecule has 3 heterocycles. The Balaban J connectivity index is 0.00000133. The first kappa shape index (κ1) is 15.7. The zero-order chi connectivity index (χ0) is 12.5. The van der Waals surface area contributed by atoms with Gasteiger partial charge in [-0.15, -0.1) is 0 Å². The first-order chi connectivity index (χ1) is 8.73. The average Bonchev–Trinajstić information content (AvgIpc) is 2.41. The highest BCUT2D eigenvalue weighted by molar-refractivity contribution is 7.54. The van der Waals surface area contributed by atoms with Gasteiger partial charge in [0.15, 0.2) is 0 Å². The standard InChI is InChI=1S/C11H24N4O2P.ClH/c16-18(13-2-1-11-17-18)14-5-9-15(10-6-14)7-3-12-4-8-15;/h12H,1-11H2,(H,13,16);1H/q+1;/p-1. The molecule has 3 fully saturated rings. The molecule has 0 amide bonds. The van der Waals surface area contributed by atoms with Crippen LogP contribution in [0.3, 0.4) is 0 Å². The number of halogens is 1. The maximum atomic E-state index is 12.6. The second-order valence-corrected chi connectivity index (χ2v) is 7.74. The first-order valence-electron chi connectivity index (χ1n) is 7.04. The van der Waals surface area contributed by atoms with Crippen molar-refractivity contribution < 1.29 is 26.0 Å². The molecule has 112 valence electrons. The number of nitrogens with zero attached hydrogens (tertiary/aromatic N) is 2. The predicted octanol–water partition coefficient (Wildman–Crippen LogP) is -3.16. The lowest BCUT2D eigenvalue weighted by Crippen LogP contribution is -3.00. The van der Waals surface area contributed by atoms with Crippen molar-refractivity contribution in [2.24, 2.45) is 0 Å². The van der Waals surface area contributed by atoms with Crippen molar-refractivity contribution in [1.29, 1.82) is 0 Å².